The number of hydrogen-bond acceptors (Lipinski definition) is 7. The van der Waals surface area contributed by atoms with E-state index in [9.17, 15) is 14.4 Å². The largest absolute Gasteiger partial charge is 0.376 e. The van der Waals surface area contributed by atoms with Crippen LogP contribution in [0.25, 0.3) is 21.4 Å². The molecule has 0 N–H and O–H groups in total. The highest BCUT2D eigenvalue weighted by molar-refractivity contribution is 7.22. The first-order valence-corrected chi connectivity index (χ1v) is 12.0. The minimum atomic E-state index is -0.486. The van der Waals surface area contributed by atoms with E-state index in [1.807, 2.05) is 19.9 Å². The Labute approximate surface area is 199 Å². The lowest BCUT2D eigenvalue weighted by atomic mass is 10.1. The van der Waals surface area contributed by atoms with Crippen molar-refractivity contribution < 1.29 is 9.53 Å². The van der Waals surface area contributed by atoms with Crippen LogP contribution in [-0.4, -0.2) is 48.8 Å². The second-order valence-electron chi connectivity index (χ2n) is 8.76. The molecule has 1 saturated heterocycles. The number of ether oxygens (including phenoxy) is 1. The fourth-order valence-electron chi connectivity index (χ4n) is 4.39. The predicted molar refractivity (Wildman–Crippen MR) is 131 cm³/mol. The van der Waals surface area contributed by atoms with Crippen molar-refractivity contribution in [2.45, 2.75) is 39.3 Å². The summed E-state index contributed by atoms with van der Waals surface area (Å²) >= 11 is 1.49. The van der Waals surface area contributed by atoms with Gasteiger partial charge in [0.2, 0.25) is 5.91 Å². The van der Waals surface area contributed by atoms with Gasteiger partial charge in [0, 0.05) is 20.7 Å². The van der Waals surface area contributed by atoms with Crippen LogP contribution in [-0.2, 0) is 30.2 Å². The fourth-order valence-corrected chi connectivity index (χ4v) is 5.53. The Morgan fingerprint density at radius 1 is 1.21 bits per heavy atom. The van der Waals surface area contributed by atoms with Crippen LogP contribution < -0.4 is 16.1 Å². The van der Waals surface area contributed by atoms with Crippen LogP contribution in [0.5, 0.6) is 0 Å². The lowest BCUT2D eigenvalue weighted by Gasteiger charge is -2.23. The molecule has 5 rings (SSSR count). The van der Waals surface area contributed by atoms with E-state index in [1.54, 1.807) is 11.9 Å². The van der Waals surface area contributed by atoms with Gasteiger partial charge in [0.1, 0.15) is 6.54 Å². The predicted octanol–water partition coefficient (Wildman–Crippen LogP) is 1.87. The third-order valence-electron chi connectivity index (χ3n) is 6.40. The number of thiazole rings is 1. The average Bonchev–Trinajstić information content (AvgIpc) is 3.57. The molecule has 0 spiro atoms. The van der Waals surface area contributed by atoms with Crippen molar-refractivity contribution in [3.63, 3.8) is 0 Å². The second kappa shape index (κ2) is 8.48. The maximum atomic E-state index is 13.6. The van der Waals surface area contributed by atoms with Crippen LogP contribution in [0.3, 0.4) is 0 Å². The first-order valence-electron chi connectivity index (χ1n) is 11.2. The fraction of sp³-hybridized carbons (Fsp3) is 0.435. The topological polar surface area (TPSA) is 104 Å². The Morgan fingerprint density at radius 3 is 2.68 bits per heavy atom. The third-order valence-corrected chi connectivity index (χ3v) is 7.61. The summed E-state index contributed by atoms with van der Waals surface area (Å²) in [6.07, 6.45) is 3.20. The van der Waals surface area contributed by atoms with Crippen LogP contribution in [0.1, 0.15) is 24.0 Å². The van der Waals surface area contributed by atoms with Gasteiger partial charge in [-0.15, -0.1) is 0 Å². The molecular weight excluding hydrogens is 456 g/mol. The molecule has 11 heteroatoms. The van der Waals surface area contributed by atoms with Crippen LogP contribution in [0, 0.1) is 13.8 Å². The Bertz CT molecular complexity index is 1500. The SMILES string of the molecule is Cc1ccc(C)c2sc(N(CC3CCCO3)C(=O)Cn3cnc4c3c(=O)n(C)c(=O)n4C)nc12. The highest BCUT2D eigenvalue weighted by Gasteiger charge is 2.28. The molecule has 178 valence electrons. The zero-order chi connectivity index (χ0) is 24.1. The number of carbonyl (C=O) groups is 1. The van der Waals surface area contributed by atoms with E-state index >= 15 is 0 Å². The van der Waals surface area contributed by atoms with Crippen molar-refractivity contribution in [1.29, 1.82) is 0 Å². The van der Waals surface area contributed by atoms with Gasteiger partial charge in [-0.05, 0) is 37.8 Å². The lowest BCUT2D eigenvalue weighted by molar-refractivity contribution is -0.119. The number of fused-ring (bicyclic) bond motifs is 2. The second-order valence-corrected chi connectivity index (χ2v) is 9.74. The number of hydrogen-bond donors (Lipinski definition) is 0. The smallest absolute Gasteiger partial charge is 0.332 e. The molecular formula is C23H26N6O4S. The zero-order valence-corrected chi connectivity index (χ0v) is 20.4. The number of anilines is 1. The molecule has 1 aromatic carbocycles. The van der Waals surface area contributed by atoms with Crippen LogP contribution in [0.2, 0.25) is 0 Å². The molecule has 0 aliphatic carbocycles. The van der Waals surface area contributed by atoms with E-state index in [-0.39, 0.29) is 29.7 Å². The normalized spacial score (nSPS) is 16.1. The lowest BCUT2D eigenvalue weighted by Crippen LogP contribution is -2.40. The van der Waals surface area contributed by atoms with Gasteiger partial charge in [-0.2, -0.15) is 0 Å². The van der Waals surface area contributed by atoms with Crippen molar-refractivity contribution in [2.24, 2.45) is 14.1 Å². The summed E-state index contributed by atoms with van der Waals surface area (Å²) in [5.41, 5.74) is 2.57. The van der Waals surface area contributed by atoms with E-state index in [4.69, 9.17) is 9.72 Å². The van der Waals surface area contributed by atoms with Gasteiger partial charge in [0.05, 0.1) is 29.2 Å². The molecule has 1 aliphatic rings. The van der Waals surface area contributed by atoms with E-state index in [0.717, 1.165) is 38.8 Å². The monoisotopic (exact) mass is 482 g/mol. The minimum Gasteiger partial charge on any atom is -0.376 e. The van der Waals surface area contributed by atoms with E-state index in [1.165, 1.54) is 33.8 Å². The van der Waals surface area contributed by atoms with Crippen molar-refractivity contribution in [3.8, 4) is 0 Å². The summed E-state index contributed by atoms with van der Waals surface area (Å²) in [6, 6.07) is 4.09. The summed E-state index contributed by atoms with van der Waals surface area (Å²) in [5, 5.41) is 0.609. The Hall–Kier alpha value is -3.31. The van der Waals surface area contributed by atoms with Gasteiger partial charge < -0.3 is 9.30 Å². The van der Waals surface area contributed by atoms with Crippen molar-refractivity contribution in [1.82, 2.24) is 23.7 Å². The number of aromatic nitrogens is 5. The molecule has 3 aromatic heterocycles. The van der Waals surface area contributed by atoms with Crippen molar-refractivity contribution in [3.05, 3.63) is 50.4 Å². The van der Waals surface area contributed by atoms with Crippen LogP contribution >= 0.6 is 11.3 Å². The van der Waals surface area contributed by atoms with Crippen LogP contribution in [0.4, 0.5) is 5.13 Å². The quantitative estimate of drug-likeness (QED) is 0.430. The molecule has 0 saturated carbocycles. The molecule has 1 amide bonds. The van der Waals surface area contributed by atoms with Gasteiger partial charge in [-0.3, -0.25) is 23.6 Å². The number of amides is 1. The Kier molecular flexibility index (Phi) is 5.61. The molecule has 4 heterocycles. The molecule has 34 heavy (non-hydrogen) atoms. The molecule has 0 radical (unpaired) electrons. The first-order chi connectivity index (χ1) is 16.3. The molecule has 1 unspecified atom stereocenters. The summed E-state index contributed by atoms with van der Waals surface area (Å²) in [7, 11) is 2.97. The van der Waals surface area contributed by atoms with Gasteiger partial charge in [-0.25, -0.2) is 14.8 Å². The molecule has 4 aromatic rings. The van der Waals surface area contributed by atoms with Crippen LogP contribution in [0.15, 0.2) is 28.0 Å². The van der Waals surface area contributed by atoms with Gasteiger partial charge in [-0.1, -0.05) is 23.5 Å². The van der Waals surface area contributed by atoms with E-state index < -0.39 is 11.2 Å². The number of carbonyl (C=O) groups excluding carboxylic acids is 1. The minimum absolute atomic E-state index is 0.0635. The van der Waals surface area contributed by atoms with E-state index in [2.05, 4.69) is 11.1 Å². The van der Waals surface area contributed by atoms with Crippen molar-refractivity contribution >= 4 is 43.8 Å². The standard InChI is InChI=1S/C23H26N6O4S/c1-13-7-8-14(2)19-17(13)25-22(34-19)29(10-15-6-5-9-33-15)16(30)11-28-12-24-20-18(28)21(31)27(4)23(32)26(20)3/h7-8,12,15H,5-6,9-11H2,1-4H3. The van der Waals surface area contributed by atoms with E-state index in [0.29, 0.717) is 18.3 Å². The molecule has 1 aliphatic heterocycles. The Balaban J connectivity index is 1.56. The maximum absolute atomic E-state index is 13.6. The molecule has 1 fully saturated rings. The number of rotatable bonds is 5. The van der Waals surface area contributed by atoms with Gasteiger partial charge >= 0.3 is 5.69 Å². The highest BCUT2D eigenvalue weighted by atomic mass is 32.1. The molecule has 0 bridgehead atoms. The molecule has 1 atom stereocenters. The number of nitrogens with zero attached hydrogens (tertiary/aromatic N) is 6. The average molecular weight is 483 g/mol. The maximum Gasteiger partial charge on any atom is 0.332 e. The Morgan fingerprint density at radius 2 is 1.97 bits per heavy atom. The highest BCUT2D eigenvalue weighted by Crippen LogP contribution is 2.34. The van der Waals surface area contributed by atoms with Gasteiger partial charge in [0.25, 0.3) is 5.56 Å². The summed E-state index contributed by atoms with van der Waals surface area (Å²) in [6.45, 7) is 5.01. The number of aryl methyl sites for hydroxylation is 3. The zero-order valence-electron chi connectivity index (χ0n) is 19.6. The molecule has 10 nitrogen and oxygen atoms in total. The summed E-state index contributed by atoms with van der Waals surface area (Å²) in [5.74, 6) is -0.222. The third kappa shape index (κ3) is 3.64. The number of imidazole rings is 1. The summed E-state index contributed by atoms with van der Waals surface area (Å²) < 4.78 is 10.7. The first kappa shape index (κ1) is 22.5. The number of benzene rings is 1. The van der Waals surface area contributed by atoms with Crippen molar-refractivity contribution in [2.75, 3.05) is 18.1 Å². The summed E-state index contributed by atoms with van der Waals surface area (Å²) in [4.78, 5) is 49.4. The van der Waals surface area contributed by atoms with Gasteiger partial charge in [0.15, 0.2) is 16.3 Å².